The third-order valence-electron chi connectivity index (χ3n) is 4.65. The summed E-state index contributed by atoms with van der Waals surface area (Å²) in [6, 6.07) is 2.75. The Labute approximate surface area is 146 Å². The number of imide groups is 1. The van der Waals surface area contributed by atoms with E-state index in [4.69, 9.17) is 21.1 Å². The Balaban J connectivity index is 1.93. The van der Waals surface area contributed by atoms with E-state index in [1.807, 2.05) is 0 Å². The molecule has 7 heteroatoms. The van der Waals surface area contributed by atoms with Crippen LogP contribution in [0.2, 0.25) is 5.02 Å². The number of hydrogen-bond donors (Lipinski definition) is 0. The fourth-order valence-corrected chi connectivity index (χ4v) is 3.64. The number of hydrogen-bond acceptors (Lipinski definition) is 5. The van der Waals surface area contributed by atoms with Crippen molar-refractivity contribution in [1.82, 2.24) is 4.90 Å². The normalized spacial score (nSPS) is 22.1. The summed E-state index contributed by atoms with van der Waals surface area (Å²) in [6.07, 6.45) is 3.51. The lowest BCUT2D eigenvalue weighted by atomic mass is 10.1. The average molecular weight is 353 g/mol. The molecule has 1 atom stereocenters. The van der Waals surface area contributed by atoms with Gasteiger partial charge < -0.3 is 9.47 Å². The van der Waals surface area contributed by atoms with Gasteiger partial charge in [-0.15, -0.1) is 0 Å². The Bertz CT molecular complexity index is 658. The molecule has 0 aliphatic carbocycles. The van der Waals surface area contributed by atoms with E-state index in [1.54, 1.807) is 12.1 Å². The van der Waals surface area contributed by atoms with Crippen LogP contribution in [0.25, 0.3) is 0 Å². The van der Waals surface area contributed by atoms with Crippen LogP contribution in [0.3, 0.4) is 0 Å². The van der Waals surface area contributed by atoms with Crippen LogP contribution in [0.15, 0.2) is 12.1 Å². The number of benzene rings is 1. The fourth-order valence-electron chi connectivity index (χ4n) is 3.40. The highest BCUT2D eigenvalue weighted by atomic mass is 35.5. The Morgan fingerprint density at radius 3 is 2.33 bits per heavy atom. The molecule has 2 aliphatic rings. The molecule has 0 spiro atoms. The van der Waals surface area contributed by atoms with Gasteiger partial charge in [-0.1, -0.05) is 18.0 Å². The van der Waals surface area contributed by atoms with Crippen molar-refractivity contribution in [2.45, 2.75) is 31.7 Å². The number of carbonyl (C=O) groups excluding carboxylic acids is 2. The van der Waals surface area contributed by atoms with Crippen molar-refractivity contribution in [3.05, 3.63) is 17.2 Å². The predicted molar refractivity (Wildman–Crippen MR) is 90.9 cm³/mol. The molecule has 2 heterocycles. The molecule has 0 unspecified atom stereocenters. The zero-order valence-electron chi connectivity index (χ0n) is 13.9. The fraction of sp³-hybridized carbons (Fsp3) is 0.529. The molecular weight excluding hydrogens is 332 g/mol. The topological polar surface area (TPSA) is 59.1 Å². The van der Waals surface area contributed by atoms with Crippen molar-refractivity contribution in [3.63, 3.8) is 0 Å². The van der Waals surface area contributed by atoms with Crippen molar-refractivity contribution in [3.8, 4) is 11.5 Å². The standard InChI is InChI=1S/C17H21ClN2O4/c1-23-14-10-15(24-2)12(8-11(14)18)20-16(21)9-13(17(20)22)19-6-4-3-5-7-19/h8,10,13H,3-7,9H2,1-2H3/t13-/m1/s1. The highest BCUT2D eigenvalue weighted by molar-refractivity contribution is 6.33. The van der Waals surface area contributed by atoms with Gasteiger partial charge in [-0.2, -0.15) is 0 Å². The van der Waals surface area contributed by atoms with Crippen LogP contribution in [0.5, 0.6) is 11.5 Å². The van der Waals surface area contributed by atoms with E-state index in [2.05, 4.69) is 4.90 Å². The Morgan fingerprint density at radius 2 is 1.71 bits per heavy atom. The van der Waals surface area contributed by atoms with Crippen molar-refractivity contribution >= 4 is 29.1 Å². The SMILES string of the molecule is COc1cc(OC)c(N2C(=O)C[C@@H](N3CCCCC3)C2=O)cc1Cl. The number of halogens is 1. The highest BCUT2D eigenvalue weighted by Crippen LogP contribution is 2.40. The van der Waals surface area contributed by atoms with Crippen molar-refractivity contribution < 1.29 is 19.1 Å². The van der Waals surface area contributed by atoms with E-state index in [-0.39, 0.29) is 24.3 Å². The average Bonchev–Trinajstić information content (AvgIpc) is 2.90. The van der Waals surface area contributed by atoms with Gasteiger partial charge >= 0.3 is 0 Å². The Kier molecular flexibility index (Phi) is 4.96. The lowest BCUT2D eigenvalue weighted by Gasteiger charge is -2.30. The van der Waals surface area contributed by atoms with Crippen LogP contribution in [-0.2, 0) is 9.59 Å². The molecule has 130 valence electrons. The molecule has 6 nitrogen and oxygen atoms in total. The second-order valence-corrected chi connectivity index (χ2v) is 6.45. The van der Waals surface area contributed by atoms with Crippen molar-refractivity contribution in [2.24, 2.45) is 0 Å². The number of amides is 2. The smallest absolute Gasteiger partial charge is 0.251 e. The van der Waals surface area contributed by atoms with Crippen LogP contribution in [0, 0.1) is 0 Å². The third-order valence-corrected chi connectivity index (χ3v) is 4.94. The summed E-state index contributed by atoms with van der Waals surface area (Å²) in [7, 11) is 2.98. The number of piperidine rings is 1. The van der Waals surface area contributed by atoms with Crippen molar-refractivity contribution in [2.75, 3.05) is 32.2 Å². The van der Waals surface area contributed by atoms with Gasteiger partial charge in [0.05, 0.1) is 37.4 Å². The van der Waals surface area contributed by atoms with Gasteiger partial charge in [0.2, 0.25) is 5.91 Å². The summed E-state index contributed by atoms with van der Waals surface area (Å²) in [6.45, 7) is 1.72. The van der Waals surface area contributed by atoms with Gasteiger partial charge in [-0.3, -0.25) is 14.5 Å². The van der Waals surface area contributed by atoms with Gasteiger partial charge in [0.15, 0.2) is 0 Å². The van der Waals surface area contributed by atoms with E-state index in [1.165, 1.54) is 25.5 Å². The summed E-state index contributed by atoms with van der Waals surface area (Å²) < 4.78 is 10.5. The zero-order chi connectivity index (χ0) is 17.3. The number of methoxy groups -OCH3 is 2. The molecule has 2 amide bonds. The molecule has 2 fully saturated rings. The van der Waals surface area contributed by atoms with Crippen LogP contribution < -0.4 is 14.4 Å². The first kappa shape index (κ1) is 17.0. The van der Waals surface area contributed by atoms with Crippen LogP contribution in [0.1, 0.15) is 25.7 Å². The summed E-state index contributed by atoms with van der Waals surface area (Å²) in [5.41, 5.74) is 0.373. The molecule has 3 rings (SSSR count). The zero-order valence-corrected chi connectivity index (χ0v) is 14.6. The lowest BCUT2D eigenvalue weighted by molar-refractivity contribution is -0.123. The molecular formula is C17H21ClN2O4. The molecule has 1 aromatic carbocycles. The summed E-state index contributed by atoms with van der Waals surface area (Å²) in [5.74, 6) is 0.387. The van der Waals surface area contributed by atoms with Gasteiger partial charge in [0.1, 0.15) is 11.5 Å². The molecule has 1 aromatic rings. The van der Waals surface area contributed by atoms with Crippen molar-refractivity contribution in [1.29, 1.82) is 0 Å². The molecule has 0 saturated carbocycles. The molecule has 0 bridgehead atoms. The van der Waals surface area contributed by atoms with E-state index in [9.17, 15) is 9.59 Å². The van der Waals surface area contributed by atoms with Crippen LogP contribution in [0.4, 0.5) is 5.69 Å². The van der Waals surface area contributed by atoms with E-state index in [0.717, 1.165) is 25.9 Å². The van der Waals surface area contributed by atoms with Gasteiger partial charge in [-0.05, 0) is 32.0 Å². The Morgan fingerprint density at radius 1 is 1.04 bits per heavy atom. The lowest BCUT2D eigenvalue weighted by Crippen LogP contribution is -2.44. The minimum Gasteiger partial charge on any atom is -0.495 e. The van der Waals surface area contributed by atoms with Gasteiger partial charge in [0.25, 0.3) is 5.91 Å². The minimum absolute atomic E-state index is 0.200. The Hall–Kier alpha value is -1.79. The number of carbonyl (C=O) groups is 2. The highest BCUT2D eigenvalue weighted by Gasteiger charge is 2.44. The second-order valence-electron chi connectivity index (χ2n) is 6.04. The van der Waals surface area contributed by atoms with E-state index >= 15 is 0 Å². The molecule has 24 heavy (non-hydrogen) atoms. The van der Waals surface area contributed by atoms with Crippen LogP contribution in [-0.4, -0.2) is 50.1 Å². The number of rotatable bonds is 4. The molecule has 0 N–H and O–H groups in total. The molecule has 0 radical (unpaired) electrons. The van der Waals surface area contributed by atoms with E-state index in [0.29, 0.717) is 22.2 Å². The molecule has 2 saturated heterocycles. The number of likely N-dealkylation sites (tertiary alicyclic amines) is 1. The maximum atomic E-state index is 12.9. The maximum absolute atomic E-state index is 12.9. The van der Waals surface area contributed by atoms with Crippen LogP contribution >= 0.6 is 11.6 Å². The van der Waals surface area contributed by atoms with E-state index < -0.39 is 0 Å². The van der Waals surface area contributed by atoms with Gasteiger partial charge in [-0.25, -0.2) is 4.90 Å². The molecule has 0 aromatic heterocycles. The minimum atomic E-state index is -0.386. The molecule has 2 aliphatic heterocycles. The number of ether oxygens (including phenoxy) is 2. The summed E-state index contributed by atoms with van der Waals surface area (Å²) in [5, 5.41) is 0.329. The first-order chi connectivity index (χ1) is 11.6. The summed E-state index contributed by atoms with van der Waals surface area (Å²) >= 11 is 6.18. The quantitative estimate of drug-likeness (QED) is 0.779. The second kappa shape index (κ2) is 6.99. The third kappa shape index (κ3) is 2.96. The summed E-state index contributed by atoms with van der Waals surface area (Å²) in [4.78, 5) is 28.7. The number of anilines is 1. The van der Waals surface area contributed by atoms with Gasteiger partial charge in [0, 0.05) is 6.07 Å². The monoisotopic (exact) mass is 352 g/mol. The maximum Gasteiger partial charge on any atom is 0.251 e. The largest absolute Gasteiger partial charge is 0.495 e. The first-order valence-electron chi connectivity index (χ1n) is 8.09. The first-order valence-corrected chi connectivity index (χ1v) is 8.47. The predicted octanol–water partition coefficient (Wildman–Crippen LogP) is 2.48. The number of nitrogens with zero attached hydrogens (tertiary/aromatic N) is 2.